The quantitative estimate of drug-likeness (QED) is 0.717. The van der Waals surface area contributed by atoms with Crippen molar-refractivity contribution in [3.05, 3.63) is 65.5 Å². The highest BCUT2D eigenvalue weighted by molar-refractivity contribution is 5.94. The molecule has 1 atom stereocenters. The molecule has 1 heterocycles. The van der Waals surface area contributed by atoms with E-state index < -0.39 is 0 Å². The number of fused-ring (bicyclic) bond motifs is 1. The largest absolute Gasteiger partial charge is 0.468 e. The van der Waals surface area contributed by atoms with Crippen LogP contribution in [0.3, 0.4) is 0 Å². The van der Waals surface area contributed by atoms with Gasteiger partial charge in [-0.1, -0.05) is 29.8 Å². The molecule has 6 heteroatoms. The van der Waals surface area contributed by atoms with E-state index in [1.807, 2.05) is 50.2 Å². The summed E-state index contributed by atoms with van der Waals surface area (Å²) >= 11 is 0. The number of rotatable bonds is 5. The standard InChI is InChI=1S/C20H21N3O3/c1-13-8-10-15(11-9-13)20(25)21-14(2)19-22-16-6-4-5-7-17(16)23(19)12-18(24)26-3/h4-11,14H,12H2,1-3H3,(H,21,25). The Hall–Kier alpha value is -3.15. The summed E-state index contributed by atoms with van der Waals surface area (Å²) in [7, 11) is 1.35. The fourth-order valence-electron chi connectivity index (χ4n) is 2.83. The number of hydrogen-bond donors (Lipinski definition) is 1. The van der Waals surface area contributed by atoms with Gasteiger partial charge in [0, 0.05) is 5.56 Å². The monoisotopic (exact) mass is 351 g/mol. The molecule has 0 bridgehead atoms. The van der Waals surface area contributed by atoms with Crippen molar-refractivity contribution in [1.82, 2.24) is 14.9 Å². The predicted octanol–water partition coefficient (Wildman–Crippen LogP) is 3.01. The second-order valence-electron chi connectivity index (χ2n) is 6.18. The Balaban J connectivity index is 1.90. The van der Waals surface area contributed by atoms with Crippen LogP contribution in [-0.2, 0) is 16.1 Å². The molecule has 0 saturated carbocycles. The minimum absolute atomic E-state index is 0.0388. The summed E-state index contributed by atoms with van der Waals surface area (Å²) in [4.78, 5) is 28.9. The van der Waals surface area contributed by atoms with E-state index in [1.165, 1.54) is 7.11 Å². The van der Waals surface area contributed by atoms with Crippen LogP contribution in [0.2, 0.25) is 0 Å². The van der Waals surface area contributed by atoms with Gasteiger partial charge in [0.1, 0.15) is 12.4 Å². The molecule has 0 aliphatic rings. The molecule has 0 aliphatic heterocycles. The summed E-state index contributed by atoms with van der Waals surface area (Å²) in [5.41, 5.74) is 3.26. The van der Waals surface area contributed by atoms with E-state index >= 15 is 0 Å². The van der Waals surface area contributed by atoms with E-state index in [2.05, 4.69) is 10.3 Å². The average Bonchev–Trinajstić information content (AvgIpc) is 3.00. The number of benzene rings is 2. The SMILES string of the molecule is COC(=O)Cn1c(C(C)NC(=O)c2ccc(C)cc2)nc2ccccc21. The molecule has 0 fully saturated rings. The van der Waals surface area contributed by atoms with Gasteiger partial charge in [0.2, 0.25) is 0 Å². The van der Waals surface area contributed by atoms with E-state index in [0.717, 1.165) is 16.6 Å². The zero-order valence-corrected chi connectivity index (χ0v) is 15.0. The lowest BCUT2D eigenvalue weighted by atomic mass is 10.1. The van der Waals surface area contributed by atoms with Crippen LogP contribution < -0.4 is 5.32 Å². The Labute approximate surface area is 151 Å². The molecule has 134 valence electrons. The van der Waals surface area contributed by atoms with E-state index in [4.69, 9.17) is 4.74 Å². The number of ether oxygens (including phenoxy) is 1. The van der Waals surface area contributed by atoms with Crippen LogP contribution in [0.4, 0.5) is 0 Å². The van der Waals surface area contributed by atoms with E-state index in [-0.39, 0.29) is 24.5 Å². The maximum atomic E-state index is 12.5. The first-order chi connectivity index (χ1) is 12.5. The minimum atomic E-state index is -0.374. The molecule has 0 saturated heterocycles. The number of carbonyl (C=O) groups excluding carboxylic acids is 2. The zero-order chi connectivity index (χ0) is 18.7. The fraction of sp³-hybridized carbons (Fsp3) is 0.250. The van der Waals surface area contributed by atoms with Crippen molar-refractivity contribution >= 4 is 22.9 Å². The Morgan fingerprint density at radius 2 is 1.85 bits per heavy atom. The Morgan fingerprint density at radius 1 is 1.15 bits per heavy atom. The molecule has 1 unspecified atom stereocenters. The van der Waals surface area contributed by atoms with Crippen LogP contribution in [0.15, 0.2) is 48.5 Å². The third-order valence-corrected chi connectivity index (χ3v) is 4.25. The smallest absolute Gasteiger partial charge is 0.325 e. The van der Waals surface area contributed by atoms with Crippen LogP contribution in [0.1, 0.15) is 34.7 Å². The summed E-state index contributed by atoms with van der Waals surface area (Å²) in [6.07, 6.45) is 0. The molecular weight excluding hydrogens is 330 g/mol. The summed E-state index contributed by atoms with van der Waals surface area (Å²) in [6.45, 7) is 3.86. The molecule has 3 rings (SSSR count). The number of nitrogens with zero attached hydrogens (tertiary/aromatic N) is 2. The third-order valence-electron chi connectivity index (χ3n) is 4.25. The molecule has 2 aromatic carbocycles. The van der Waals surface area contributed by atoms with E-state index in [0.29, 0.717) is 11.4 Å². The van der Waals surface area contributed by atoms with Crippen molar-refractivity contribution < 1.29 is 14.3 Å². The molecule has 0 aliphatic carbocycles. The second kappa shape index (κ2) is 7.39. The first-order valence-electron chi connectivity index (χ1n) is 8.39. The van der Waals surface area contributed by atoms with E-state index in [9.17, 15) is 9.59 Å². The topological polar surface area (TPSA) is 73.2 Å². The van der Waals surface area contributed by atoms with Gasteiger partial charge in [-0.3, -0.25) is 9.59 Å². The van der Waals surface area contributed by atoms with Gasteiger partial charge >= 0.3 is 5.97 Å². The van der Waals surface area contributed by atoms with Crippen LogP contribution in [0, 0.1) is 6.92 Å². The Bertz CT molecular complexity index is 945. The summed E-state index contributed by atoms with van der Waals surface area (Å²) < 4.78 is 6.57. The van der Waals surface area contributed by atoms with Gasteiger partial charge in [0.25, 0.3) is 5.91 Å². The lowest BCUT2D eigenvalue weighted by Crippen LogP contribution is -2.29. The van der Waals surface area contributed by atoms with Crippen LogP contribution in [0.5, 0.6) is 0 Å². The molecule has 6 nitrogen and oxygen atoms in total. The number of para-hydroxylation sites is 2. The number of amides is 1. The van der Waals surface area contributed by atoms with Gasteiger partial charge in [-0.05, 0) is 38.1 Å². The van der Waals surface area contributed by atoms with E-state index in [1.54, 1.807) is 16.7 Å². The lowest BCUT2D eigenvalue weighted by molar-refractivity contribution is -0.141. The van der Waals surface area contributed by atoms with Crippen molar-refractivity contribution in [2.45, 2.75) is 26.4 Å². The lowest BCUT2D eigenvalue weighted by Gasteiger charge is -2.16. The molecular formula is C20H21N3O3. The molecule has 1 N–H and O–H groups in total. The van der Waals surface area contributed by atoms with Gasteiger partial charge in [0.05, 0.1) is 24.2 Å². The minimum Gasteiger partial charge on any atom is -0.468 e. The molecule has 1 amide bonds. The Kier molecular flexibility index (Phi) is 5.02. The number of methoxy groups -OCH3 is 1. The van der Waals surface area contributed by atoms with Crippen molar-refractivity contribution in [2.75, 3.05) is 7.11 Å². The first-order valence-corrected chi connectivity index (χ1v) is 8.39. The maximum absolute atomic E-state index is 12.5. The highest BCUT2D eigenvalue weighted by atomic mass is 16.5. The third kappa shape index (κ3) is 3.59. The number of aromatic nitrogens is 2. The maximum Gasteiger partial charge on any atom is 0.325 e. The molecule has 3 aromatic rings. The number of carbonyl (C=O) groups is 2. The summed E-state index contributed by atoms with van der Waals surface area (Å²) in [5, 5.41) is 2.95. The number of esters is 1. The molecule has 1 aromatic heterocycles. The first kappa shape index (κ1) is 17.7. The second-order valence-corrected chi connectivity index (χ2v) is 6.18. The number of aryl methyl sites for hydroxylation is 1. The van der Waals surface area contributed by atoms with Gasteiger partial charge in [0.15, 0.2) is 0 Å². The van der Waals surface area contributed by atoms with Crippen molar-refractivity contribution in [2.24, 2.45) is 0 Å². The van der Waals surface area contributed by atoms with Gasteiger partial charge in [-0.25, -0.2) is 4.98 Å². The Morgan fingerprint density at radius 3 is 2.54 bits per heavy atom. The summed E-state index contributed by atoms with van der Waals surface area (Å²) in [5.74, 6) is 0.0534. The number of imidazole rings is 1. The average molecular weight is 351 g/mol. The molecule has 0 radical (unpaired) electrons. The number of hydrogen-bond acceptors (Lipinski definition) is 4. The molecule has 0 spiro atoms. The van der Waals surface area contributed by atoms with Gasteiger partial charge in [-0.15, -0.1) is 0 Å². The normalized spacial score (nSPS) is 12.0. The van der Waals surface area contributed by atoms with Crippen molar-refractivity contribution in [1.29, 1.82) is 0 Å². The van der Waals surface area contributed by atoms with Gasteiger partial charge < -0.3 is 14.6 Å². The highest BCUT2D eigenvalue weighted by Crippen LogP contribution is 2.21. The van der Waals surface area contributed by atoms with Crippen LogP contribution >= 0.6 is 0 Å². The van der Waals surface area contributed by atoms with Gasteiger partial charge in [-0.2, -0.15) is 0 Å². The predicted molar refractivity (Wildman–Crippen MR) is 98.8 cm³/mol. The van der Waals surface area contributed by atoms with Crippen molar-refractivity contribution in [3.63, 3.8) is 0 Å². The molecule has 26 heavy (non-hydrogen) atoms. The highest BCUT2D eigenvalue weighted by Gasteiger charge is 2.20. The van der Waals surface area contributed by atoms with Crippen LogP contribution in [0.25, 0.3) is 11.0 Å². The summed E-state index contributed by atoms with van der Waals surface area (Å²) in [6, 6.07) is 14.5. The zero-order valence-electron chi connectivity index (χ0n) is 15.0. The van der Waals surface area contributed by atoms with Crippen molar-refractivity contribution in [3.8, 4) is 0 Å². The van der Waals surface area contributed by atoms with Crippen LogP contribution in [-0.4, -0.2) is 28.5 Å². The number of nitrogens with one attached hydrogen (secondary N) is 1. The fourth-order valence-corrected chi connectivity index (χ4v) is 2.83.